The van der Waals surface area contributed by atoms with E-state index in [-0.39, 0.29) is 18.7 Å². The number of carbonyl (C=O) groups is 4. The molecule has 0 heterocycles. The molecule has 0 aromatic rings. The molecule has 8 nitrogen and oxygen atoms in total. The Hall–Kier alpha value is -2.12. The zero-order valence-electron chi connectivity index (χ0n) is 25.6. The second-order valence-corrected chi connectivity index (χ2v) is 11.8. The molecule has 0 fully saturated rings. The van der Waals surface area contributed by atoms with Crippen molar-refractivity contribution in [2.75, 3.05) is 0 Å². The van der Waals surface area contributed by atoms with Crippen molar-refractivity contribution in [3.63, 3.8) is 0 Å². The van der Waals surface area contributed by atoms with Crippen LogP contribution in [0.1, 0.15) is 157 Å². The fourth-order valence-electron chi connectivity index (χ4n) is 4.40. The number of amides is 2. The minimum Gasteiger partial charge on any atom is -0.480 e. The Labute approximate surface area is 237 Å². The standard InChI is InChI=1S/C31H58N2O6/c1-6-8-10-11-12-13-14-15-16-17-18-19-20-22-27(34)33-26(30(38)39-31(3,4)5)23-24-28(35)32-25(29(36)37)21-9-7-2/h25-26H,6-24H2,1-5H3,(H,32,35)(H,33,34)(H,36,37)/t25?,26-/m0/s1. The molecule has 0 spiro atoms. The molecule has 0 radical (unpaired) electrons. The normalized spacial score (nSPS) is 12.9. The second-order valence-electron chi connectivity index (χ2n) is 11.8. The van der Waals surface area contributed by atoms with Crippen molar-refractivity contribution in [2.45, 2.75) is 174 Å². The van der Waals surface area contributed by atoms with Gasteiger partial charge in [-0.2, -0.15) is 0 Å². The van der Waals surface area contributed by atoms with Crippen LogP contribution in [0.2, 0.25) is 0 Å². The van der Waals surface area contributed by atoms with Gasteiger partial charge in [-0.15, -0.1) is 0 Å². The quantitative estimate of drug-likeness (QED) is 0.0887. The Morgan fingerprint density at radius 2 is 1.05 bits per heavy atom. The number of rotatable bonds is 24. The molecular formula is C31H58N2O6. The van der Waals surface area contributed by atoms with Gasteiger partial charge in [-0.05, 0) is 40.0 Å². The summed E-state index contributed by atoms with van der Waals surface area (Å²) in [6, 6.07) is -1.91. The maximum Gasteiger partial charge on any atom is 0.329 e. The Bertz CT molecular complexity index is 689. The van der Waals surface area contributed by atoms with Crippen molar-refractivity contribution in [1.29, 1.82) is 0 Å². The van der Waals surface area contributed by atoms with Crippen LogP contribution in [0.3, 0.4) is 0 Å². The molecule has 8 heteroatoms. The third-order valence-corrected chi connectivity index (χ3v) is 6.67. The summed E-state index contributed by atoms with van der Waals surface area (Å²) in [6.07, 6.45) is 18.1. The van der Waals surface area contributed by atoms with E-state index in [9.17, 15) is 24.3 Å². The number of esters is 1. The highest BCUT2D eigenvalue weighted by Crippen LogP contribution is 2.14. The molecule has 0 bridgehead atoms. The monoisotopic (exact) mass is 554 g/mol. The summed E-state index contributed by atoms with van der Waals surface area (Å²) in [5, 5.41) is 14.6. The number of carbonyl (C=O) groups excluding carboxylic acids is 3. The van der Waals surface area contributed by atoms with Crippen LogP contribution in [0.25, 0.3) is 0 Å². The maximum absolute atomic E-state index is 12.7. The van der Waals surface area contributed by atoms with Gasteiger partial charge in [0.25, 0.3) is 0 Å². The molecule has 2 atom stereocenters. The Morgan fingerprint density at radius 3 is 1.51 bits per heavy atom. The van der Waals surface area contributed by atoms with E-state index in [0.717, 1.165) is 25.7 Å². The van der Waals surface area contributed by atoms with E-state index in [2.05, 4.69) is 17.6 Å². The van der Waals surface area contributed by atoms with E-state index in [1.165, 1.54) is 64.2 Å². The van der Waals surface area contributed by atoms with Crippen LogP contribution in [0.5, 0.6) is 0 Å². The summed E-state index contributed by atoms with van der Waals surface area (Å²) in [6.45, 7) is 9.43. The molecule has 0 aliphatic heterocycles. The summed E-state index contributed by atoms with van der Waals surface area (Å²) in [4.78, 5) is 49.1. The molecule has 0 aliphatic carbocycles. The van der Waals surface area contributed by atoms with E-state index in [4.69, 9.17) is 4.74 Å². The molecule has 1 unspecified atom stereocenters. The lowest BCUT2D eigenvalue weighted by molar-refractivity contribution is -0.159. The lowest BCUT2D eigenvalue weighted by Crippen LogP contribution is -2.45. The molecule has 0 saturated carbocycles. The van der Waals surface area contributed by atoms with Crippen molar-refractivity contribution in [3.8, 4) is 0 Å². The van der Waals surface area contributed by atoms with Gasteiger partial charge in [0.15, 0.2) is 0 Å². The van der Waals surface area contributed by atoms with E-state index < -0.39 is 35.5 Å². The lowest BCUT2D eigenvalue weighted by atomic mass is 10.0. The van der Waals surface area contributed by atoms with Crippen molar-refractivity contribution in [1.82, 2.24) is 10.6 Å². The first kappa shape index (κ1) is 36.9. The number of carboxylic acids is 1. The third kappa shape index (κ3) is 22.4. The number of unbranched alkanes of at least 4 members (excludes halogenated alkanes) is 13. The molecule has 3 N–H and O–H groups in total. The highest BCUT2D eigenvalue weighted by molar-refractivity contribution is 5.86. The number of hydrogen-bond acceptors (Lipinski definition) is 5. The van der Waals surface area contributed by atoms with Gasteiger partial charge in [-0.25, -0.2) is 9.59 Å². The van der Waals surface area contributed by atoms with Gasteiger partial charge < -0.3 is 20.5 Å². The van der Waals surface area contributed by atoms with Gasteiger partial charge in [-0.1, -0.05) is 104 Å². The topological polar surface area (TPSA) is 122 Å². The smallest absolute Gasteiger partial charge is 0.329 e. The third-order valence-electron chi connectivity index (χ3n) is 6.67. The summed E-state index contributed by atoms with van der Waals surface area (Å²) in [5.41, 5.74) is -0.730. The summed E-state index contributed by atoms with van der Waals surface area (Å²) < 4.78 is 5.45. The first-order valence-corrected chi connectivity index (χ1v) is 15.5. The zero-order valence-corrected chi connectivity index (χ0v) is 25.6. The Balaban J connectivity index is 4.41. The number of carboxylic acid groups (broad SMARTS) is 1. The highest BCUT2D eigenvalue weighted by Gasteiger charge is 2.28. The first-order valence-electron chi connectivity index (χ1n) is 15.5. The van der Waals surface area contributed by atoms with Gasteiger partial charge >= 0.3 is 11.9 Å². The van der Waals surface area contributed by atoms with Gasteiger partial charge in [0.05, 0.1) is 0 Å². The van der Waals surface area contributed by atoms with Crippen LogP contribution in [0, 0.1) is 0 Å². The summed E-state index contributed by atoms with van der Waals surface area (Å²) >= 11 is 0. The molecular weight excluding hydrogens is 496 g/mol. The van der Waals surface area contributed by atoms with E-state index in [1.807, 2.05) is 6.92 Å². The lowest BCUT2D eigenvalue weighted by Gasteiger charge is -2.24. The van der Waals surface area contributed by atoms with E-state index in [1.54, 1.807) is 20.8 Å². The minimum absolute atomic E-state index is 0.0468. The molecule has 2 amide bonds. The number of ether oxygens (including phenoxy) is 1. The maximum atomic E-state index is 12.7. The van der Waals surface area contributed by atoms with Crippen LogP contribution in [0.4, 0.5) is 0 Å². The fraction of sp³-hybridized carbons (Fsp3) is 0.871. The predicted molar refractivity (Wildman–Crippen MR) is 156 cm³/mol. The van der Waals surface area contributed by atoms with Crippen LogP contribution >= 0.6 is 0 Å². The predicted octanol–water partition coefficient (Wildman–Crippen LogP) is 6.83. The molecule has 0 aromatic heterocycles. The zero-order chi connectivity index (χ0) is 29.5. The van der Waals surface area contributed by atoms with Crippen molar-refractivity contribution in [3.05, 3.63) is 0 Å². The van der Waals surface area contributed by atoms with E-state index in [0.29, 0.717) is 19.3 Å². The average Bonchev–Trinajstić information content (AvgIpc) is 2.85. The van der Waals surface area contributed by atoms with Gasteiger partial charge in [0.2, 0.25) is 11.8 Å². The average molecular weight is 555 g/mol. The second kappa shape index (κ2) is 22.7. The molecule has 39 heavy (non-hydrogen) atoms. The largest absolute Gasteiger partial charge is 0.480 e. The molecule has 0 aromatic carbocycles. The van der Waals surface area contributed by atoms with Crippen LogP contribution in [-0.2, 0) is 23.9 Å². The van der Waals surface area contributed by atoms with Crippen molar-refractivity contribution in [2.24, 2.45) is 0 Å². The summed E-state index contributed by atoms with van der Waals surface area (Å²) in [5.74, 6) is -2.36. The highest BCUT2D eigenvalue weighted by atomic mass is 16.6. The molecule has 0 aliphatic rings. The van der Waals surface area contributed by atoms with Crippen LogP contribution in [-0.4, -0.2) is 46.5 Å². The number of nitrogens with one attached hydrogen (secondary N) is 2. The Kier molecular flexibility index (Phi) is 21.4. The minimum atomic E-state index is -1.08. The van der Waals surface area contributed by atoms with Gasteiger partial charge in [0.1, 0.15) is 17.7 Å². The number of aliphatic carboxylic acids is 1. The first-order chi connectivity index (χ1) is 18.5. The number of hydrogen-bond donors (Lipinski definition) is 3. The van der Waals surface area contributed by atoms with Crippen molar-refractivity contribution < 1.29 is 29.0 Å². The van der Waals surface area contributed by atoms with Gasteiger partial charge in [-0.3, -0.25) is 9.59 Å². The molecule has 0 saturated heterocycles. The Morgan fingerprint density at radius 1 is 0.615 bits per heavy atom. The van der Waals surface area contributed by atoms with Crippen LogP contribution < -0.4 is 10.6 Å². The molecule has 0 rings (SSSR count). The van der Waals surface area contributed by atoms with Crippen molar-refractivity contribution >= 4 is 23.8 Å². The SMILES string of the molecule is CCCCCCCCCCCCCCCC(=O)N[C@@H](CCC(=O)NC(CCCC)C(=O)O)C(=O)OC(C)(C)C. The van der Waals surface area contributed by atoms with Crippen LogP contribution in [0.15, 0.2) is 0 Å². The van der Waals surface area contributed by atoms with Gasteiger partial charge in [0, 0.05) is 12.8 Å². The fourth-order valence-corrected chi connectivity index (χ4v) is 4.40. The summed E-state index contributed by atoms with van der Waals surface area (Å²) in [7, 11) is 0. The van der Waals surface area contributed by atoms with E-state index >= 15 is 0 Å². The molecule has 228 valence electrons.